The fraction of sp³-hybridized carbons (Fsp3) is 0.538. The van der Waals surface area contributed by atoms with Crippen LogP contribution in [0.15, 0.2) is 41.3 Å². The Labute approximate surface area is 200 Å². The fourth-order valence-corrected chi connectivity index (χ4v) is 4.98. The maximum atomic E-state index is 13.9. The third-order valence-corrected chi connectivity index (χ3v) is 7.26. The Morgan fingerprint density at radius 1 is 1.24 bits per heavy atom. The number of methoxy groups -OCH3 is 1. The van der Waals surface area contributed by atoms with Crippen LogP contribution < -0.4 is 10.9 Å². The Kier molecular flexibility index (Phi) is 7.89. The minimum absolute atomic E-state index is 0.0339. The molecule has 7 heteroatoms. The van der Waals surface area contributed by atoms with E-state index in [0.29, 0.717) is 18.1 Å². The van der Waals surface area contributed by atoms with Gasteiger partial charge < -0.3 is 19.5 Å². The lowest BCUT2D eigenvalue weighted by atomic mass is 9.80. The molecule has 6 nitrogen and oxygen atoms in total. The molecule has 1 aliphatic heterocycles. The molecule has 1 aromatic carbocycles. The molecule has 0 radical (unpaired) electrons. The third kappa shape index (κ3) is 5.86. The lowest BCUT2D eigenvalue weighted by Gasteiger charge is -2.36. The van der Waals surface area contributed by atoms with Crippen molar-refractivity contribution in [1.82, 2.24) is 14.8 Å². The van der Waals surface area contributed by atoms with Gasteiger partial charge in [0.05, 0.1) is 5.92 Å². The predicted molar refractivity (Wildman–Crippen MR) is 131 cm³/mol. The Hall–Kier alpha value is -2.15. The van der Waals surface area contributed by atoms with Crippen LogP contribution >= 0.6 is 11.6 Å². The Morgan fingerprint density at radius 2 is 2.06 bits per heavy atom. The zero-order valence-electron chi connectivity index (χ0n) is 19.6. The standard InChI is InChI=1S/C26H34ClN3O3/c1-29-12-10-19(15-25(29)31)22-9-11-28-16-23(22)26(32)30(21-6-7-21)17-20-14-18(4-3-13-33-2)5-8-24(20)27/h5,8,10,12,14-15,21-23,28H,3-4,6-7,9,11,13,16-17H2,1-2H3/t22-,23+/m0/s1. The number of hydrogen-bond donors (Lipinski definition) is 1. The molecular weight excluding hydrogens is 438 g/mol. The number of pyridine rings is 1. The zero-order valence-corrected chi connectivity index (χ0v) is 20.3. The molecule has 1 aromatic heterocycles. The van der Waals surface area contributed by atoms with Gasteiger partial charge in [-0.05, 0) is 73.4 Å². The van der Waals surface area contributed by atoms with Crippen molar-refractivity contribution in [2.24, 2.45) is 13.0 Å². The molecule has 0 bridgehead atoms. The first kappa shape index (κ1) is 24.0. The van der Waals surface area contributed by atoms with Crippen molar-refractivity contribution in [1.29, 1.82) is 0 Å². The van der Waals surface area contributed by atoms with Gasteiger partial charge in [0.15, 0.2) is 0 Å². The summed E-state index contributed by atoms with van der Waals surface area (Å²) in [7, 11) is 3.46. The van der Waals surface area contributed by atoms with Gasteiger partial charge in [0.2, 0.25) is 5.91 Å². The molecule has 1 saturated carbocycles. The van der Waals surface area contributed by atoms with E-state index in [1.165, 1.54) is 5.56 Å². The summed E-state index contributed by atoms with van der Waals surface area (Å²) in [5, 5.41) is 4.10. The molecule has 2 heterocycles. The third-order valence-electron chi connectivity index (χ3n) is 6.89. The molecule has 0 unspecified atom stereocenters. The first-order valence-corrected chi connectivity index (χ1v) is 12.3. The normalized spacial score (nSPS) is 20.6. The molecule has 33 heavy (non-hydrogen) atoms. The molecule has 0 spiro atoms. The number of benzene rings is 1. The number of aromatic nitrogens is 1. The number of carbonyl (C=O) groups is 1. The fourth-order valence-electron chi connectivity index (χ4n) is 4.81. The van der Waals surface area contributed by atoms with Crippen molar-refractivity contribution in [2.75, 3.05) is 26.8 Å². The van der Waals surface area contributed by atoms with Crippen molar-refractivity contribution < 1.29 is 9.53 Å². The van der Waals surface area contributed by atoms with E-state index in [9.17, 15) is 9.59 Å². The molecule has 1 amide bonds. The van der Waals surface area contributed by atoms with Crippen LogP contribution in [0.2, 0.25) is 5.02 Å². The molecule has 1 aliphatic carbocycles. The molecular formula is C26H34ClN3O3. The number of piperidine rings is 1. The summed E-state index contributed by atoms with van der Waals surface area (Å²) in [6.07, 6.45) is 6.59. The maximum Gasteiger partial charge on any atom is 0.250 e. The maximum absolute atomic E-state index is 13.9. The van der Waals surface area contributed by atoms with Crippen molar-refractivity contribution in [3.63, 3.8) is 0 Å². The van der Waals surface area contributed by atoms with Gasteiger partial charge in [0.25, 0.3) is 5.56 Å². The zero-order chi connectivity index (χ0) is 23.4. The minimum atomic E-state index is -0.185. The van der Waals surface area contributed by atoms with Crippen molar-refractivity contribution in [2.45, 2.75) is 50.6 Å². The predicted octanol–water partition coefficient (Wildman–Crippen LogP) is 3.50. The van der Waals surface area contributed by atoms with Crippen LogP contribution in [0.1, 0.15) is 48.3 Å². The van der Waals surface area contributed by atoms with Gasteiger partial charge in [-0.1, -0.05) is 23.7 Å². The monoisotopic (exact) mass is 471 g/mol. The van der Waals surface area contributed by atoms with E-state index >= 15 is 0 Å². The highest BCUT2D eigenvalue weighted by Gasteiger charge is 2.40. The molecule has 2 aromatic rings. The van der Waals surface area contributed by atoms with Gasteiger partial charge in [-0.15, -0.1) is 0 Å². The molecule has 2 atom stereocenters. The summed E-state index contributed by atoms with van der Waals surface area (Å²) in [4.78, 5) is 28.1. The molecule has 1 saturated heterocycles. The number of halogens is 1. The number of ether oxygens (including phenoxy) is 1. The van der Waals surface area contributed by atoms with Crippen LogP contribution in [0.3, 0.4) is 0 Å². The Balaban J connectivity index is 1.55. The van der Waals surface area contributed by atoms with E-state index in [1.54, 1.807) is 31.0 Å². The quantitative estimate of drug-likeness (QED) is 0.568. The van der Waals surface area contributed by atoms with Gasteiger partial charge in [0, 0.05) is 57.2 Å². The number of hydrogen-bond acceptors (Lipinski definition) is 4. The summed E-state index contributed by atoms with van der Waals surface area (Å²) in [5.41, 5.74) is 3.15. The van der Waals surface area contributed by atoms with Crippen LogP contribution in [-0.4, -0.2) is 48.2 Å². The van der Waals surface area contributed by atoms with E-state index < -0.39 is 0 Å². The average molecular weight is 472 g/mol. The summed E-state index contributed by atoms with van der Waals surface area (Å²) in [6.45, 7) is 2.73. The molecule has 178 valence electrons. The summed E-state index contributed by atoms with van der Waals surface area (Å²) < 4.78 is 6.74. The van der Waals surface area contributed by atoms with Crippen LogP contribution in [-0.2, 0) is 29.5 Å². The number of carbonyl (C=O) groups excluding carboxylic acids is 1. The van der Waals surface area contributed by atoms with Gasteiger partial charge in [-0.25, -0.2) is 0 Å². The number of nitrogens with one attached hydrogen (secondary N) is 1. The van der Waals surface area contributed by atoms with E-state index in [-0.39, 0.29) is 29.3 Å². The first-order chi connectivity index (χ1) is 16.0. The largest absolute Gasteiger partial charge is 0.385 e. The molecule has 2 fully saturated rings. The van der Waals surface area contributed by atoms with E-state index in [1.807, 2.05) is 17.0 Å². The lowest BCUT2D eigenvalue weighted by molar-refractivity contribution is -0.138. The van der Waals surface area contributed by atoms with Crippen LogP contribution in [0.4, 0.5) is 0 Å². The van der Waals surface area contributed by atoms with Crippen LogP contribution in [0, 0.1) is 5.92 Å². The van der Waals surface area contributed by atoms with E-state index in [2.05, 4.69) is 17.4 Å². The van der Waals surface area contributed by atoms with Crippen LogP contribution in [0.25, 0.3) is 0 Å². The lowest BCUT2D eigenvalue weighted by Crippen LogP contribution is -2.47. The van der Waals surface area contributed by atoms with Crippen molar-refractivity contribution >= 4 is 17.5 Å². The Morgan fingerprint density at radius 3 is 2.79 bits per heavy atom. The second kappa shape index (κ2) is 10.9. The van der Waals surface area contributed by atoms with Gasteiger partial charge >= 0.3 is 0 Å². The van der Waals surface area contributed by atoms with Gasteiger partial charge in [0.1, 0.15) is 0 Å². The first-order valence-electron chi connectivity index (χ1n) is 11.9. The van der Waals surface area contributed by atoms with Crippen LogP contribution in [0.5, 0.6) is 0 Å². The summed E-state index contributed by atoms with van der Waals surface area (Å²) >= 11 is 6.56. The second-order valence-corrected chi connectivity index (χ2v) is 9.74. The highest BCUT2D eigenvalue weighted by molar-refractivity contribution is 6.31. The van der Waals surface area contributed by atoms with Gasteiger partial charge in [-0.2, -0.15) is 0 Å². The summed E-state index contributed by atoms with van der Waals surface area (Å²) in [5.74, 6) is 0.0242. The van der Waals surface area contributed by atoms with Gasteiger partial charge in [-0.3, -0.25) is 9.59 Å². The second-order valence-electron chi connectivity index (χ2n) is 9.33. The van der Waals surface area contributed by atoms with E-state index in [0.717, 1.165) is 56.4 Å². The minimum Gasteiger partial charge on any atom is -0.385 e. The number of amides is 1. The number of nitrogens with zero attached hydrogens (tertiary/aromatic N) is 2. The molecule has 4 rings (SSSR count). The molecule has 2 aliphatic rings. The Bertz CT molecular complexity index is 1030. The number of rotatable bonds is 9. The van der Waals surface area contributed by atoms with Crippen molar-refractivity contribution in [3.05, 3.63) is 68.6 Å². The number of aryl methyl sites for hydroxylation is 2. The van der Waals surface area contributed by atoms with E-state index in [4.69, 9.17) is 16.3 Å². The topological polar surface area (TPSA) is 63.6 Å². The SMILES string of the molecule is COCCCc1ccc(Cl)c(CN(C(=O)[C@@H]2CNCC[C@H]2c2ccn(C)c(=O)c2)C2CC2)c1. The van der Waals surface area contributed by atoms with Crippen molar-refractivity contribution in [3.8, 4) is 0 Å². The smallest absolute Gasteiger partial charge is 0.250 e. The average Bonchev–Trinajstić information content (AvgIpc) is 3.66. The molecule has 1 N–H and O–H groups in total. The summed E-state index contributed by atoms with van der Waals surface area (Å²) in [6, 6.07) is 10.1. The highest BCUT2D eigenvalue weighted by atomic mass is 35.5. The highest BCUT2D eigenvalue weighted by Crippen LogP contribution is 2.36.